The van der Waals surface area contributed by atoms with Gasteiger partial charge in [-0.15, -0.1) is 0 Å². The zero-order valence-corrected chi connectivity index (χ0v) is 10.7. The zero-order chi connectivity index (χ0) is 12.4. The summed E-state index contributed by atoms with van der Waals surface area (Å²) in [4.78, 5) is 18.2. The molecule has 6 heteroatoms. The second-order valence-corrected chi connectivity index (χ2v) is 5.18. The Bertz CT molecular complexity index is 529. The number of urea groups is 1. The highest BCUT2D eigenvalue weighted by Gasteiger charge is 2.17. The minimum atomic E-state index is -0.0597. The molecular formula is C12H14N4OS. The highest BCUT2D eigenvalue weighted by molar-refractivity contribution is 7.22. The Morgan fingerprint density at radius 1 is 1.33 bits per heavy atom. The van der Waals surface area contributed by atoms with Gasteiger partial charge in [0, 0.05) is 26.2 Å². The molecule has 2 heterocycles. The van der Waals surface area contributed by atoms with E-state index >= 15 is 0 Å². The molecule has 0 saturated carbocycles. The molecule has 1 aromatic heterocycles. The van der Waals surface area contributed by atoms with E-state index in [0.29, 0.717) is 5.13 Å². The van der Waals surface area contributed by atoms with Crippen molar-refractivity contribution in [2.45, 2.75) is 0 Å². The molecule has 1 saturated heterocycles. The van der Waals surface area contributed by atoms with Crippen molar-refractivity contribution >= 4 is 32.7 Å². The van der Waals surface area contributed by atoms with E-state index in [4.69, 9.17) is 0 Å². The Hall–Kier alpha value is -1.66. The third-order valence-corrected chi connectivity index (χ3v) is 3.86. The van der Waals surface area contributed by atoms with Crippen LogP contribution in [0.15, 0.2) is 24.3 Å². The second-order valence-electron chi connectivity index (χ2n) is 4.15. The standard InChI is InChI=1S/C12H14N4OS/c17-12(16-7-5-13-6-8-16)15-11-14-9-3-1-2-4-10(9)18-11/h1-4,13H,5-8H2,(H,14,15,17). The number of amides is 2. The van der Waals surface area contributed by atoms with E-state index < -0.39 is 0 Å². The van der Waals surface area contributed by atoms with Crippen molar-refractivity contribution in [3.8, 4) is 0 Å². The first-order chi connectivity index (χ1) is 8.83. The average molecular weight is 262 g/mol. The molecule has 0 aliphatic carbocycles. The number of piperazine rings is 1. The second kappa shape index (κ2) is 4.91. The number of aromatic nitrogens is 1. The summed E-state index contributed by atoms with van der Waals surface area (Å²) in [6.45, 7) is 3.20. The fraction of sp³-hybridized carbons (Fsp3) is 0.333. The molecule has 0 radical (unpaired) electrons. The predicted molar refractivity (Wildman–Crippen MR) is 73.1 cm³/mol. The summed E-state index contributed by atoms with van der Waals surface area (Å²) >= 11 is 1.50. The Morgan fingerprint density at radius 3 is 2.89 bits per heavy atom. The molecule has 0 spiro atoms. The quantitative estimate of drug-likeness (QED) is 0.823. The highest BCUT2D eigenvalue weighted by Crippen LogP contribution is 2.25. The van der Waals surface area contributed by atoms with Crippen LogP contribution in [0.2, 0.25) is 0 Å². The lowest BCUT2D eigenvalue weighted by Gasteiger charge is -2.26. The van der Waals surface area contributed by atoms with Crippen LogP contribution < -0.4 is 10.6 Å². The Balaban J connectivity index is 1.73. The summed E-state index contributed by atoms with van der Waals surface area (Å²) in [5.41, 5.74) is 0.929. The lowest BCUT2D eigenvalue weighted by Crippen LogP contribution is -2.48. The summed E-state index contributed by atoms with van der Waals surface area (Å²) < 4.78 is 1.09. The number of carbonyl (C=O) groups excluding carboxylic acids is 1. The van der Waals surface area contributed by atoms with Crippen LogP contribution in [0.1, 0.15) is 0 Å². The fourth-order valence-corrected chi connectivity index (χ4v) is 2.82. The van der Waals surface area contributed by atoms with E-state index in [1.165, 1.54) is 11.3 Å². The van der Waals surface area contributed by atoms with Gasteiger partial charge in [0.2, 0.25) is 0 Å². The van der Waals surface area contributed by atoms with Crippen LogP contribution >= 0.6 is 11.3 Å². The highest BCUT2D eigenvalue weighted by atomic mass is 32.1. The fourth-order valence-electron chi connectivity index (χ4n) is 1.96. The van der Waals surface area contributed by atoms with Crippen LogP contribution in [0.25, 0.3) is 10.2 Å². The van der Waals surface area contributed by atoms with E-state index in [1.807, 2.05) is 29.2 Å². The molecule has 0 bridgehead atoms. The van der Waals surface area contributed by atoms with Crippen molar-refractivity contribution in [1.82, 2.24) is 15.2 Å². The van der Waals surface area contributed by atoms with Crippen molar-refractivity contribution in [2.24, 2.45) is 0 Å². The summed E-state index contributed by atoms with van der Waals surface area (Å²) in [6, 6.07) is 7.82. The van der Waals surface area contributed by atoms with Gasteiger partial charge in [-0.3, -0.25) is 5.32 Å². The average Bonchev–Trinajstić information content (AvgIpc) is 2.82. The van der Waals surface area contributed by atoms with E-state index in [0.717, 1.165) is 36.4 Å². The summed E-state index contributed by atoms with van der Waals surface area (Å²) in [6.07, 6.45) is 0. The molecular weight excluding hydrogens is 248 g/mol. The van der Waals surface area contributed by atoms with Gasteiger partial charge in [-0.25, -0.2) is 9.78 Å². The van der Waals surface area contributed by atoms with Crippen molar-refractivity contribution in [2.75, 3.05) is 31.5 Å². The number of rotatable bonds is 1. The number of carbonyl (C=O) groups is 1. The number of benzene rings is 1. The molecule has 0 atom stereocenters. The first-order valence-electron chi connectivity index (χ1n) is 5.95. The molecule has 2 N–H and O–H groups in total. The summed E-state index contributed by atoms with van der Waals surface area (Å²) in [7, 11) is 0. The van der Waals surface area contributed by atoms with Crippen molar-refractivity contribution in [3.63, 3.8) is 0 Å². The lowest BCUT2D eigenvalue weighted by atomic mass is 10.3. The van der Waals surface area contributed by atoms with Gasteiger partial charge in [-0.05, 0) is 12.1 Å². The maximum absolute atomic E-state index is 12.0. The number of hydrogen-bond donors (Lipinski definition) is 2. The van der Waals surface area contributed by atoms with Crippen LogP contribution in [-0.2, 0) is 0 Å². The molecule has 1 aromatic carbocycles. The van der Waals surface area contributed by atoms with Gasteiger partial charge in [-0.2, -0.15) is 0 Å². The topological polar surface area (TPSA) is 57.3 Å². The van der Waals surface area contributed by atoms with E-state index in [2.05, 4.69) is 15.6 Å². The molecule has 5 nitrogen and oxygen atoms in total. The number of nitrogens with one attached hydrogen (secondary N) is 2. The Kier molecular flexibility index (Phi) is 3.12. The van der Waals surface area contributed by atoms with Gasteiger partial charge in [-0.1, -0.05) is 23.5 Å². The molecule has 18 heavy (non-hydrogen) atoms. The van der Waals surface area contributed by atoms with Crippen LogP contribution in [-0.4, -0.2) is 42.1 Å². The number of hydrogen-bond acceptors (Lipinski definition) is 4. The van der Waals surface area contributed by atoms with Gasteiger partial charge >= 0.3 is 6.03 Å². The third-order valence-electron chi connectivity index (χ3n) is 2.91. The van der Waals surface area contributed by atoms with E-state index in [9.17, 15) is 4.79 Å². The van der Waals surface area contributed by atoms with Gasteiger partial charge in [0.25, 0.3) is 0 Å². The molecule has 0 unspecified atom stereocenters. The maximum Gasteiger partial charge on any atom is 0.323 e. The molecule has 3 rings (SSSR count). The van der Waals surface area contributed by atoms with Gasteiger partial charge in [0.1, 0.15) is 0 Å². The van der Waals surface area contributed by atoms with Crippen LogP contribution in [0, 0.1) is 0 Å². The number of anilines is 1. The van der Waals surface area contributed by atoms with Crippen molar-refractivity contribution in [1.29, 1.82) is 0 Å². The smallest absolute Gasteiger partial charge is 0.322 e. The summed E-state index contributed by atoms with van der Waals surface area (Å²) in [5, 5.41) is 6.75. The zero-order valence-electron chi connectivity index (χ0n) is 9.85. The molecule has 94 valence electrons. The summed E-state index contributed by atoms with van der Waals surface area (Å²) in [5.74, 6) is 0. The monoisotopic (exact) mass is 262 g/mol. The van der Waals surface area contributed by atoms with Crippen LogP contribution in [0.5, 0.6) is 0 Å². The van der Waals surface area contributed by atoms with Crippen molar-refractivity contribution < 1.29 is 4.79 Å². The van der Waals surface area contributed by atoms with Crippen LogP contribution in [0.4, 0.5) is 9.93 Å². The lowest BCUT2D eigenvalue weighted by molar-refractivity contribution is 0.204. The normalized spacial score (nSPS) is 15.9. The molecule has 1 fully saturated rings. The molecule has 2 amide bonds. The van der Waals surface area contributed by atoms with Crippen molar-refractivity contribution in [3.05, 3.63) is 24.3 Å². The van der Waals surface area contributed by atoms with E-state index in [1.54, 1.807) is 0 Å². The van der Waals surface area contributed by atoms with Crippen LogP contribution in [0.3, 0.4) is 0 Å². The Labute approximate surface area is 109 Å². The maximum atomic E-state index is 12.0. The van der Waals surface area contributed by atoms with Gasteiger partial charge in [0.15, 0.2) is 5.13 Å². The number of fused-ring (bicyclic) bond motifs is 1. The molecule has 1 aliphatic rings. The number of para-hydroxylation sites is 1. The molecule has 2 aromatic rings. The Morgan fingerprint density at radius 2 is 2.11 bits per heavy atom. The minimum absolute atomic E-state index is 0.0597. The largest absolute Gasteiger partial charge is 0.323 e. The first-order valence-corrected chi connectivity index (χ1v) is 6.77. The predicted octanol–water partition coefficient (Wildman–Crippen LogP) is 1.73. The van der Waals surface area contributed by atoms with Gasteiger partial charge < -0.3 is 10.2 Å². The first kappa shape index (κ1) is 11.4. The minimum Gasteiger partial charge on any atom is -0.322 e. The SMILES string of the molecule is O=C(Nc1nc2ccccc2s1)N1CCNCC1. The number of nitrogens with zero attached hydrogens (tertiary/aromatic N) is 2. The third kappa shape index (κ3) is 2.30. The molecule has 1 aliphatic heterocycles. The van der Waals surface area contributed by atoms with E-state index in [-0.39, 0.29) is 6.03 Å². The van der Waals surface area contributed by atoms with Gasteiger partial charge in [0.05, 0.1) is 10.2 Å². The number of thiazole rings is 1.